The van der Waals surface area contributed by atoms with Gasteiger partial charge in [-0.1, -0.05) is 13.8 Å². The highest BCUT2D eigenvalue weighted by Crippen LogP contribution is 1.90. The first kappa shape index (κ1) is 8.43. The zero-order valence-corrected chi connectivity index (χ0v) is 6.01. The van der Waals surface area contributed by atoms with E-state index in [1.807, 2.05) is 0 Å². The van der Waals surface area contributed by atoms with E-state index in [-0.39, 0.29) is 11.8 Å². The summed E-state index contributed by atoms with van der Waals surface area (Å²) in [6.45, 7) is 5.07. The van der Waals surface area contributed by atoms with E-state index in [1.54, 1.807) is 13.8 Å². The normalized spacial score (nSPS) is 13.4. The number of aliphatic hydroxyl groups is 1. The molecule has 0 saturated heterocycles. The second-order valence-corrected chi connectivity index (χ2v) is 2.34. The largest absolute Gasteiger partial charge is 0.374 e. The van der Waals surface area contributed by atoms with Gasteiger partial charge in [0, 0.05) is 5.92 Å². The van der Waals surface area contributed by atoms with Crippen LogP contribution in [0.5, 0.6) is 0 Å². The molecule has 0 aromatic carbocycles. The molecule has 1 atom stereocenters. The minimum Gasteiger partial charge on any atom is -0.374 e. The summed E-state index contributed by atoms with van der Waals surface area (Å²) in [5.41, 5.74) is 0. The van der Waals surface area contributed by atoms with Crippen LogP contribution in [0.3, 0.4) is 0 Å². The van der Waals surface area contributed by atoms with Crippen molar-refractivity contribution in [3.63, 3.8) is 0 Å². The average Bonchev–Trinajstić information content (AvgIpc) is 1.63. The van der Waals surface area contributed by atoms with Gasteiger partial charge in [-0.25, -0.2) is 0 Å². The number of hydrogen-bond acceptors (Lipinski definition) is 2. The van der Waals surface area contributed by atoms with E-state index >= 15 is 0 Å². The maximum Gasteiger partial charge on any atom is 0.224 e. The Morgan fingerprint density at radius 2 is 1.89 bits per heavy atom. The smallest absolute Gasteiger partial charge is 0.224 e. The Bertz CT molecular complexity index is 99.2. The van der Waals surface area contributed by atoms with Gasteiger partial charge in [-0.05, 0) is 6.92 Å². The molecule has 3 nitrogen and oxygen atoms in total. The predicted molar refractivity (Wildman–Crippen MR) is 34.7 cm³/mol. The van der Waals surface area contributed by atoms with Gasteiger partial charge in [0.15, 0.2) is 0 Å². The van der Waals surface area contributed by atoms with Crippen LogP contribution in [0.15, 0.2) is 0 Å². The van der Waals surface area contributed by atoms with Gasteiger partial charge in [0.2, 0.25) is 5.91 Å². The summed E-state index contributed by atoms with van der Waals surface area (Å²) in [6.07, 6.45) is -0.736. The van der Waals surface area contributed by atoms with Gasteiger partial charge in [0.1, 0.15) is 6.23 Å². The van der Waals surface area contributed by atoms with Crippen LogP contribution in [0.1, 0.15) is 20.8 Å². The summed E-state index contributed by atoms with van der Waals surface area (Å²) in [4.78, 5) is 10.7. The molecule has 1 amide bonds. The van der Waals surface area contributed by atoms with Crippen molar-refractivity contribution in [2.24, 2.45) is 5.92 Å². The van der Waals surface area contributed by atoms with Crippen molar-refractivity contribution in [2.45, 2.75) is 27.0 Å². The second-order valence-electron chi connectivity index (χ2n) is 2.34. The number of rotatable bonds is 2. The molecule has 0 saturated carbocycles. The van der Waals surface area contributed by atoms with Crippen LogP contribution in [-0.4, -0.2) is 17.2 Å². The number of aliphatic hydroxyl groups excluding tert-OH is 1. The van der Waals surface area contributed by atoms with Crippen LogP contribution in [0.4, 0.5) is 0 Å². The van der Waals surface area contributed by atoms with E-state index < -0.39 is 6.23 Å². The molecule has 0 heterocycles. The van der Waals surface area contributed by atoms with Gasteiger partial charge >= 0.3 is 0 Å². The fraction of sp³-hybridized carbons (Fsp3) is 0.833. The van der Waals surface area contributed by atoms with Crippen molar-refractivity contribution >= 4 is 5.91 Å². The SMILES string of the molecule is CC(C)C(=O)N[C@H](C)O. The molecule has 0 spiro atoms. The molecule has 54 valence electrons. The summed E-state index contributed by atoms with van der Waals surface area (Å²) in [6, 6.07) is 0. The molecule has 0 rings (SSSR count). The third-order valence-electron chi connectivity index (χ3n) is 0.876. The first-order chi connectivity index (χ1) is 4.04. The Labute approximate surface area is 55.1 Å². The number of hydrogen-bond donors (Lipinski definition) is 2. The summed E-state index contributed by atoms with van der Waals surface area (Å²) < 4.78 is 0. The Balaban J connectivity index is 3.51. The molecule has 0 aliphatic rings. The van der Waals surface area contributed by atoms with Gasteiger partial charge < -0.3 is 10.4 Å². The van der Waals surface area contributed by atoms with E-state index in [0.717, 1.165) is 0 Å². The highest BCUT2D eigenvalue weighted by Gasteiger charge is 2.06. The molecule has 0 aliphatic heterocycles. The summed E-state index contributed by atoms with van der Waals surface area (Å²) in [5, 5.41) is 11.0. The van der Waals surface area contributed by atoms with Crippen LogP contribution in [0.25, 0.3) is 0 Å². The van der Waals surface area contributed by atoms with Crippen molar-refractivity contribution in [1.29, 1.82) is 0 Å². The van der Waals surface area contributed by atoms with Crippen LogP contribution in [0.2, 0.25) is 0 Å². The van der Waals surface area contributed by atoms with Gasteiger partial charge in [-0.15, -0.1) is 0 Å². The van der Waals surface area contributed by atoms with Crippen LogP contribution >= 0.6 is 0 Å². The number of nitrogens with one attached hydrogen (secondary N) is 1. The van der Waals surface area contributed by atoms with Crippen molar-refractivity contribution in [3.05, 3.63) is 0 Å². The summed E-state index contributed by atoms with van der Waals surface area (Å²) >= 11 is 0. The number of amides is 1. The minimum absolute atomic E-state index is 0.0559. The molecule has 3 heteroatoms. The molecule has 0 radical (unpaired) electrons. The maximum atomic E-state index is 10.7. The van der Waals surface area contributed by atoms with Crippen molar-refractivity contribution in [3.8, 4) is 0 Å². The Morgan fingerprint density at radius 1 is 1.44 bits per heavy atom. The van der Waals surface area contributed by atoms with E-state index in [1.165, 1.54) is 6.92 Å². The monoisotopic (exact) mass is 131 g/mol. The molecule has 0 aromatic heterocycles. The highest BCUT2D eigenvalue weighted by molar-refractivity contribution is 5.77. The van der Waals surface area contributed by atoms with Crippen LogP contribution < -0.4 is 5.32 Å². The highest BCUT2D eigenvalue weighted by atomic mass is 16.3. The van der Waals surface area contributed by atoms with Crippen molar-refractivity contribution in [1.82, 2.24) is 5.32 Å². The van der Waals surface area contributed by atoms with Gasteiger partial charge in [-0.2, -0.15) is 0 Å². The summed E-state index contributed by atoms with van der Waals surface area (Å²) in [7, 11) is 0. The topological polar surface area (TPSA) is 49.3 Å². The Morgan fingerprint density at radius 3 is 2.00 bits per heavy atom. The molecule has 0 fully saturated rings. The summed E-state index contributed by atoms with van der Waals surface area (Å²) in [5.74, 6) is -0.176. The fourth-order valence-electron chi connectivity index (χ4n) is 0.373. The Hall–Kier alpha value is -0.570. The van der Waals surface area contributed by atoms with Gasteiger partial charge in [0.05, 0.1) is 0 Å². The van der Waals surface area contributed by atoms with Crippen LogP contribution in [0, 0.1) is 5.92 Å². The average molecular weight is 131 g/mol. The molecule has 0 aliphatic carbocycles. The molecular formula is C6H13NO2. The van der Waals surface area contributed by atoms with Crippen molar-refractivity contribution < 1.29 is 9.90 Å². The first-order valence-electron chi connectivity index (χ1n) is 3.02. The standard InChI is InChI=1S/C6H13NO2/c1-4(2)6(9)7-5(3)8/h4-5,8H,1-3H3,(H,7,9)/t5-/m0/s1. The van der Waals surface area contributed by atoms with E-state index in [9.17, 15) is 4.79 Å². The van der Waals surface area contributed by atoms with Crippen LogP contribution in [-0.2, 0) is 4.79 Å². The lowest BCUT2D eigenvalue weighted by Crippen LogP contribution is -2.35. The van der Waals surface area contributed by atoms with E-state index in [4.69, 9.17) is 5.11 Å². The zero-order valence-electron chi connectivity index (χ0n) is 6.01. The zero-order chi connectivity index (χ0) is 7.44. The quantitative estimate of drug-likeness (QED) is 0.522. The molecule has 2 N–H and O–H groups in total. The van der Waals surface area contributed by atoms with E-state index in [2.05, 4.69) is 5.32 Å². The molecule has 0 unspecified atom stereocenters. The first-order valence-corrected chi connectivity index (χ1v) is 3.02. The number of carbonyl (C=O) groups excluding carboxylic acids is 1. The fourth-order valence-corrected chi connectivity index (χ4v) is 0.373. The second kappa shape index (κ2) is 3.45. The third-order valence-corrected chi connectivity index (χ3v) is 0.876. The number of carbonyl (C=O) groups is 1. The lowest BCUT2D eigenvalue weighted by atomic mass is 10.2. The third kappa shape index (κ3) is 3.97. The van der Waals surface area contributed by atoms with Crippen molar-refractivity contribution in [2.75, 3.05) is 0 Å². The minimum atomic E-state index is -0.736. The van der Waals surface area contributed by atoms with E-state index in [0.29, 0.717) is 0 Å². The molecule has 9 heavy (non-hydrogen) atoms. The lowest BCUT2D eigenvalue weighted by Gasteiger charge is -2.08. The molecule has 0 bridgehead atoms. The van der Waals surface area contributed by atoms with Gasteiger partial charge in [-0.3, -0.25) is 4.79 Å². The molecular weight excluding hydrogens is 118 g/mol. The lowest BCUT2D eigenvalue weighted by molar-refractivity contribution is -0.126. The predicted octanol–water partition coefficient (Wildman–Crippen LogP) is 0.0969. The Kier molecular flexibility index (Phi) is 3.24. The molecule has 0 aromatic rings. The maximum absolute atomic E-state index is 10.7. The van der Waals surface area contributed by atoms with Gasteiger partial charge in [0.25, 0.3) is 0 Å².